The quantitative estimate of drug-likeness (QED) is 0.439. The van der Waals surface area contributed by atoms with Gasteiger partial charge in [-0.15, -0.1) is 0 Å². The van der Waals surface area contributed by atoms with Crippen LogP contribution >= 0.6 is 0 Å². The van der Waals surface area contributed by atoms with E-state index in [4.69, 9.17) is 4.74 Å². The molecule has 0 amide bonds. The van der Waals surface area contributed by atoms with E-state index in [1.807, 2.05) is 0 Å². The average Bonchev–Trinajstić information content (AvgIpc) is 2.86. The van der Waals surface area contributed by atoms with Gasteiger partial charge in [0.15, 0.2) is 0 Å². The monoisotopic (exact) mass is 425 g/mol. The molecular weight excluding hydrogens is 390 g/mol. The summed E-state index contributed by atoms with van der Waals surface area (Å²) in [5.41, 5.74) is 6.23. The van der Waals surface area contributed by atoms with Crippen molar-refractivity contribution in [3.8, 4) is 5.75 Å². The Morgan fingerprint density at radius 3 is 2.25 bits per heavy atom. The van der Waals surface area contributed by atoms with E-state index in [1.54, 1.807) is 7.11 Å². The second-order valence-electron chi connectivity index (χ2n) is 9.64. The van der Waals surface area contributed by atoms with Crippen LogP contribution in [0.3, 0.4) is 0 Å². The molecule has 3 aromatic rings. The molecule has 1 fully saturated rings. The standard InChI is InChI=1S/C30H35NO/c1-32-28-15-14-27-23-30(19-16-26(27)22-28)18-8-9-20-31(30)21-17-29(24-10-4-2-5-11-24)25-12-6-3-7-13-25/h2-7,10-15,22,29H,8-9,16-21,23H2,1H3. The van der Waals surface area contributed by atoms with Crippen LogP contribution in [0.5, 0.6) is 5.75 Å². The number of rotatable bonds is 6. The van der Waals surface area contributed by atoms with Gasteiger partial charge in [-0.3, -0.25) is 4.90 Å². The van der Waals surface area contributed by atoms with Gasteiger partial charge in [-0.05, 0) is 86.0 Å². The Hall–Kier alpha value is -2.58. The van der Waals surface area contributed by atoms with Crippen LogP contribution in [0.25, 0.3) is 0 Å². The molecule has 1 aliphatic heterocycles. The summed E-state index contributed by atoms with van der Waals surface area (Å²) in [5.74, 6) is 1.45. The van der Waals surface area contributed by atoms with Gasteiger partial charge >= 0.3 is 0 Å². The van der Waals surface area contributed by atoms with Crippen molar-refractivity contribution in [2.45, 2.75) is 56.4 Å². The molecule has 0 saturated carbocycles. The van der Waals surface area contributed by atoms with Gasteiger partial charge in [-0.25, -0.2) is 0 Å². The van der Waals surface area contributed by atoms with Gasteiger partial charge in [0.05, 0.1) is 7.11 Å². The highest BCUT2D eigenvalue weighted by atomic mass is 16.5. The van der Waals surface area contributed by atoms with Crippen LogP contribution in [-0.4, -0.2) is 30.6 Å². The third-order valence-corrected chi connectivity index (χ3v) is 7.88. The Kier molecular flexibility index (Phi) is 6.32. The van der Waals surface area contributed by atoms with Crippen LogP contribution < -0.4 is 4.74 Å². The van der Waals surface area contributed by atoms with E-state index in [-0.39, 0.29) is 0 Å². The maximum absolute atomic E-state index is 5.48. The number of benzene rings is 3. The van der Waals surface area contributed by atoms with Crippen molar-refractivity contribution in [3.05, 3.63) is 101 Å². The van der Waals surface area contributed by atoms with Gasteiger partial charge in [0.25, 0.3) is 0 Å². The van der Waals surface area contributed by atoms with Crippen molar-refractivity contribution in [1.82, 2.24) is 4.90 Å². The highest BCUT2D eigenvalue weighted by Gasteiger charge is 2.41. The van der Waals surface area contributed by atoms with Crippen LogP contribution in [0.2, 0.25) is 0 Å². The zero-order chi connectivity index (χ0) is 21.8. The normalized spacial score (nSPS) is 20.9. The Morgan fingerprint density at radius 2 is 1.56 bits per heavy atom. The van der Waals surface area contributed by atoms with Gasteiger partial charge < -0.3 is 4.74 Å². The number of likely N-dealkylation sites (tertiary alicyclic amines) is 1. The van der Waals surface area contributed by atoms with Gasteiger partial charge in [0.1, 0.15) is 5.75 Å². The van der Waals surface area contributed by atoms with Crippen molar-refractivity contribution in [1.29, 1.82) is 0 Å². The van der Waals surface area contributed by atoms with Gasteiger partial charge in [-0.1, -0.05) is 73.2 Å². The largest absolute Gasteiger partial charge is 0.497 e. The minimum Gasteiger partial charge on any atom is -0.497 e. The molecule has 2 aliphatic rings. The van der Waals surface area contributed by atoms with E-state index in [0.717, 1.165) is 5.75 Å². The first-order chi connectivity index (χ1) is 15.8. The highest BCUT2D eigenvalue weighted by molar-refractivity contribution is 5.39. The van der Waals surface area contributed by atoms with Crippen molar-refractivity contribution >= 4 is 0 Å². The Bertz CT molecular complexity index is 976. The van der Waals surface area contributed by atoms with Crippen LogP contribution in [0.1, 0.15) is 60.3 Å². The average molecular weight is 426 g/mol. The number of methoxy groups -OCH3 is 1. The third kappa shape index (κ3) is 4.34. The van der Waals surface area contributed by atoms with E-state index < -0.39 is 0 Å². The van der Waals surface area contributed by atoms with Crippen LogP contribution in [0, 0.1) is 0 Å². The lowest BCUT2D eigenvalue weighted by atomic mass is 9.72. The Balaban J connectivity index is 1.37. The summed E-state index contributed by atoms with van der Waals surface area (Å²) in [6, 6.07) is 28.9. The lowest BCUT2D eigenvalue weighted by Crippen LogP contribution is -2.55. The molecule has 166 valence electrons. The molecule has 1 aliphatic carbocycles. The number of hydrogen-bond donors (Lipinski definition) is 0. The lowest BCUT2D eigenvalue weighted by Gasteiger charge is -2.50. The summed E-state index contributed by atoms with van der Waals surface area (Å²) in [5, 5.41) is 0. The van der Waals surface area contributed by atoms with E-state index in [2.05, 4.69) is 83.8 Å². The summed E-state index contributed by atoms with van der Waals surface area (Å²) in [6.07, 6.45) is 8.83. The van der Waals surface area contributed by atoms with E-state index >= 15 is 0 Å². The van der Waals surface area contributed by atoms with Gasteiger partial charge in [-0.2, -0.15) is 0 Å². The lowest BCUT2D eigenvalue weighted by molar-refractivity contribution is 0.0321. The van der Waals surface area contributed by atoms with Gasteiger partial charge in [0, 0.05) is 11.5 Å². The molecule has 1 unspecified atom stereocenters. The molecule has 3 aromatic carbocycles. The second-order valence-corrected chi connectivity index (χ2v) is 9.64. The molecule has 2 nitrogen and oxygen atoms in total. The predicted octanol–water partition coefficient (Wildman–Crippen LogP) is 6.63. The minimum absolute atomic E-state index is 0.331. The number of aryl methyl sites for hydroxylation is 1. The van der Waals surface area contributed by atoms with Crippen molar-refractivity contribution in [2.75, 3.05) is 20.2 Å². The molecule has 0 N–H and O–H groups in total. The number of nitrogens with zero attached hydrogens (tertiary/aromatic N) is 1. The summed E-state index contributed by atoms with van der Waals surface area (Å²) in [4.78, 5) is 2.86. The first-order valence-corrected chi connectivity index (χ1v) is 12.3. The molecule has 1 saturated heterocycles. The maximum Gasteiger partial charge on any atom is 0.119 e. The Morgan fingerprint density at radius 1 is 0.844 bits per heavy atom. The van der Waals surface area contributed by atoms with E-state index in [9.17, 15) is 0 Å². The molecule has 1 heterocycles. The Labute approximate surface area is 193 Å². The summed E-state index contributed by atoms with van der Waals surface area (Å²) >= 11 is 0. The summed E-state index contributed by atoms with van der Waals surface area (Å²) < 4.78 is 5.48. The minimum atomic E-state index is 0.331. The fraction of sp³-hybridized carbons (Fsp3) is 0.400. The zero-order valence-electron chi connectivity index (χ0n) is 19.3. The number of fused-ring (bicyclic) bond motifs is 1. The second kappa shape index (κ2) is 9.50. The fourth-order valence-corrected chi connectivity index (χ4v) is 6.11. The first-order valence-electron chi connectivity index (χ1n) is 12.3. The molecule has 5 rings (SSSR count). The van der Waals surface area contributed by atoms with E-state index in [0.29, 0.717) is 11.5 Å². The van der Waals surface area contributed by atoms with Crippen molar-refractivity contribution in [2.24, 2.45) is 0 Å². The number of hydrogen-bond acceptors (Lipinski definition) is 2. The molecule has 0 aromatic heterocycles. The van der Waals surface area contributed by atoms with Crippen LogP contribution in [0.15, 0.2) is 78.9 Å². The van der Waals surface area contributed by atoms with Crippen LogP contribution in [0.4, 0.5) is 0 Å². The molecule has 32 heavy (non-hydrogen) atoms. The number of piperidine rings is 1. The molecule has 2 heteroatoms. The number of ether oxygens (including phenoxy) is 1. The SMILES string of the molecule is COc1ccc2c(c1)CCC1(CCCCN1CCC(c1ccccc1)c1ccccc1)C2. The van der Waals surface area contributed by atoms with Crippen molar-refractivity contribution < 1.29 is 4.74 Å². The van der Waals surface area contributed by atoms with Gasteiger partial charge in [0.2, 0.25) is 0 Å². The summed E-state index contributed by atoms with van der Waals surface area (Å²) in [6.45, 7) is 2.40. The van der Waals surface area contributed by atoms with Crippen molar-refractivity contribution in [3.63, 3.8) is 0 Å². The highest BCUT2D eigenvalue weighted by Crippen LogP contribution is 2.41. The summed E-state index contributed by atoms with van der Waals surface area (Å²) in [7, 11) is 1.77. The fourth-order valence-electron chi connectivity index (χ4n) is 6.11. The maximum atomic E-state index is 5.48. The predicted molar refractivity (Wildman–Crippen MR) is 133 cm³/mol. The molecule has 0 radical (unpaired) electrons. The zero-order valence-corrected chi connectivity index (χ0v) is 19.3. The first kappa shape index (κ1) is 21.3. The molecule has 1 atom stereocenters. The van der Waals surface area contributed by atoms with E-state index in [1.165, 1.54) is 80.3 Å². The smallest absolute Gasteiger partial charge is 0.119 e. The molecule has 0 bridgehead atoms. The van der Waals surface area contributed by atoms with Crippen LogP contribution in [-0.2, 0) is 12.8 Å². The molecule has 1 spiro atoms. The third-order valence-electron chi connectivity index (χ3n) is 7.88. The molecular formula is C30H35NO. The topological polar surface area (TPSA) is 12.5 Å².